The number of carbonyl (C=O) groups is 1. The van der Waals surface area contributed by atoms with Gasteiger partial charge in [0.05, 0.1) is 38.6 Å². The van der Waals surface area contributed by atoms with Crippen LogP contribution in [0, 0.1) is 0 Å². The van der Waals surface area contributed by atoms with Crippen molar-refractivity contribution in [2.24, 2.45) is 0 Å². The zero-order valence-electron chi connectivity index (χ0n) is 55.0. The van der Waals surface area contributed by atoms with Gasteiger partial charge in [-0.2, -0.15) is 0 Å². The highest BCUT2D eigenvalue weighted by Gasteiger charge is 2.53. The second-order valence-electron chi connectivity index (χ2n) is 26.1. The average Bonchev–Trinajstić information content (AvgIpc) is 3.70. The Hall–Kier alpha value is -1.47. The number of amides is 1. The molecule has 0 aromatic carbocycles. The van der Waals surface area contributed by atoms with Gasteiger partial charge < -0.3 is 89.9 Å². The van der Waals surface area contributed by atoms with Crippen LogP contribution in [0.4, 0.5) is 0 Å². The molecule has 3 aliphatic rings. The Morgan fingerprint density at radius 3 is 1.10 bits per heavy atom. The number of rotatable bonds is 56. The molecule has 19 heteroatoms. The molecule has 3 saturated heterocycles. The minimum atomic E-state index is -1.97. The fraction of sp³-hybridized carbons (Fsp3) is 0.957. The van der Waals surface area contributed by atoms with Gasteiger partial charge in [0.25, 0.3) is 0 Å². The Kier molecular flexibility index (Phi) is 47.6. The second-order valence-corrected chi connectivity index (χ2v) is 26.1. The van der Waals surface area contributed by atoms with Crippen molar-refractivity contribution in [3.63, 3.8) is 0 Å². The van der Waals surface area contributed by atoms with Gasteiger partial charge in [0.2, 0.25) is 5.91 Å². The van der Waals surface area contributed by atoms with Gasteiger partial charge in [0.1, 0.15) is 73.2 Å². The Labute approximate surface area is 531 Å². The first-order valence-corrected chi connectivity index (χ1v) is 35.9. The number of ether oxygens (including phenoxy) is 6. The highest BCUT2D eigenvalue weighted by Crippen LogP contribution is 2.33. The SMILES string of the molecule is CCCCCCCCCC/C=C\CCCCCCCCCCCCCCCC(=O)NC(COC1OC(CO)C(OC2OC(CO)C(OC3OC(CO)C(O)C(O)C3O)C(O)C2O)C(O)C1O)C(O)CCCCCCCCCCCCCCCCCCCC. The van der Waals surface area contributed by atoms with Crippen LogP contribution in [-0.4, -0.2) is 193 Å². The number of hydrogen-bond acceptors (Lipinski definition) is 18. The average molecular weight is 1260 g/mol. The number of nitrogens with one attached hydrogen (secondary N) is 1. The van der Waals surface area contributed by atoms with Crippen molar-refractivity contribution in [1.29, 1.82) is 0 Å². The topological polar surface area (TPSA) is 307 Å². The third-order valence-electron chi connectivity index (χ3n) is 18.3. The third-order valence-corrected chi connectivity index (χ3v) is 18.3. The number of hydrogen-bond donors (Lipinski definition) is 12. The summed E-state index contributed by atoms with van der Waals surface area (Å²) in [7, 11) is 0. The molecule has 1 amide bonds. The van der Waals surface area contributed by atoms with Crippen LogP contribution in [0.25, 0.3) is 0 Å². The first-order chi connectivity index (χ1) is 42.8. The number of unbranched alkanes of at least 4 members (excludes halogenated alkanes) is 38. The maximum atomic E-state index is 13.4. The Morgan fingerprint density at radius 2 is 0.716 bits per heavy atom. The zero-order chi connectivity index (χ0) is 64.0. The van der Waals surface area contributed by atoms with Crippen molar-refractivity contribution < 1.29 is 89.4 Å². The van der Waals surface area contributed by atoms with Gasteiger partial charge in [0, 0.05) is 6.42 Å². The van der Waals surface area contributed by atoms with E-state index in [0.29, 0.717) is 12.8 Å². The maximum absolute atomic E-state index is 13.4. The minimum Gasteiger partial charge on any atom is -0.394 e. The standard InChI is InChI=1S/C69H131NO18/c1-3-5-7-9-11-13-15-17-19-21-23-24-25-26-27-28-29-31-33-35-37-39-41-43-45-47-57(75)70-52(53(74)46-44-42-40-38-36-34-32-30-22-20-18-16-14-12-10-8-6-4-2)51-83-67-63(81)60(78)65(55(49-72)85-67)88-69-64(82)61(79)66(56(50-73)86-69)87-68-62(80)59(77)58(76)54(48-71)84-68/h21,23,52-56,58-69,71-74,76-82H,3-20,22,24-51H2,1-2H3,(H,70,75)/b23-21-. The highest BCUT2D eigenvalue weighted by molar-refractivity contribution is 5.76. The molecule has 0 saturated carbocycles. The van der Waals surface area contributed by atoms with E-state index in [1.165, 1.54) is 212 Å². The number of carbonyl (C=O) groups excluding carboxylic acids is 1. The van der Waals surface area contributed by atoms with Crippen LogP contribution in [0.2, 0.25) is 0 Å². The summed E-state index contributed by atoms with van der Waals surface area (Å²) in [6.45, 7) is 1.84. The van der Waals surface area contributed by atoms with Gasteiger partial charge in [-0.25, -0.2) is 0 Å². The molecule has 0 bridgehead atoms. The molecule has 0 aromatic heterocycles. The van der Waals surface area contributed by atoms with Crippen molar-refractivity contribution in [2.75, 3.05) is 26.4 Å². The summed E-state index contributed by atoms with van der Waals surface area (Å²) in [5.41, 5.74) is 0. The van der Waals surface area contributed by atoms with Crippen molar-refractivity contribution in [1.82, 2.24) is 5.32 Å². The fourth-order valence-corrected chi connectivity index (χ4v) is 12.5. The van der Waals surface area contributed by atoms with Gasteiger partial charge in [-0.1, -0.05) is 257 Å². The van der Waals surface area contributed by atoms with Crippen molar-refractivity contribution in [3.8, 4) is 0 Å². The first-order valence-electron chi connectivity index (χ1n) is 35.9. The van der Waals surface area contributed by atoms with Crippen LogP contribution in [0.5, 0.6) is 0 Å². The summed E-state index contributed by atoms with van der Waals surface area (Å²) >= 11 is 0. The molecule has 520 valence electrons. The quantitative estimate of drug-likeness (QED) is 0.0199. The molecule has 3 aliphatic heterocycles. The largest absolute Gasteiger partial charge is 0.394 e. The second kappa shape index (κ2) is 51.9. The Balaban J connectivity index is 1.41. The monoisotopic (exact) mass is 1260 g/mol. The van der Waals surface area contributed by atoms with Crippen LogP contribution in [0.15, 0.2) is 12.2 Å². The predicted octanol–water partition coefficient (Wildman–Crippen LogP) is 9.67. The molecule has 3 rings (SSSR count). The van der Waals surface area contributed by atoms with E-state index in [-0.39, 0.29) is 18.9 Å². The molecule has 17 atom stereocenters. The molecule has 0 radical (unpaired) electrons. The summed E-state index contributed by atoms with van der Waals surface area (Å²) in [6, 6.07) is -0.884. The molecule has 3 heterocycles. The van der Waals surface area contributed by atoms with E-state index in [4.69, 9.17) is 28.4 Å². The van der Waals surface area contributed by atoms with Crippen LogP contribution >= 0.6 is 0 Å². The summed E-state index contributed by atoms with van der Waals surface area (Å²) in [6.07, 6.45) is 30.0. The summed E-state index contributed by atoms with van der Waals surface area (Å²) in [5, 5.41) is 121. The van der Waals surface area contributed by atoms with Gasteiger partial charge in [-0.15, -0.1) is 0 Å². The molecule has 0 spiro atoms. The molecule has 88 heavy (non-hydrogen) atoms. The van der Waals surface area contributed by atoms with Crippen molar-refractivity contribution >= 4 is 5.91 Å². The normalized spacial score (nSPS) is 28.4. The molecule has 17 unspecified atom stereocenters. The summed E-state index contributed by atoms with van der Waals surface area (Å²) in [5.74, 6) is -0.238. The van der Waals surface area contributed by atoms with E-state index < -0.39 is 124 Å². The van der Waals surface area contributed by atoms with E-state index in [2.05, 4.69) is 31.3 Å². The summed E-state index contributed by atoms with van der Waals surface area (Å²) < 4.78 is 34.4. The van der Waals surface area contributed by atoms with Gasteiger partial charge in [-0.3, -0.25) is 4.79 Å². The first kappa shape index (κ1) is 80.8. The van der Waals surface area contributed by atoms with Crippen LogP contribution < -0.4 is 5.32 Å². The number of aliphatic hydroxyl groups excluding tert-OH is 11. The van der Waals surface area contributed by atoms with Gasteiger partial charge >= 0.3 is 0 Å². The molecule has 19 nitrogen and oxygen atoms in total. The Morgan fingerprint density at radius 1 is 0.398 bits per heavy atom. The minimum absolute atomic E-state index is 0.238. The Bertz CT molecular complexity index is 1650. The zero-order valence-corrected chi connectivity index (χ0v) is 55.0. The molecular formula is C69H131NO18. The lowest BCUT2D eigenvalue weighted by molar-refractivity contribution is -0.379. The van der Waals surface area contributed by atoms with Crippen LogP contribution in [0.3, 0.4) is 0 Å². The lowest BCUT2D eigenvalue weighted by Gasteiger charge is -2.48. The molecule has 0 aliphatic carbocycles. The van der Waals surface area contributed by atoms with E-state index in [0.717, 1.165) is 44.9 Å². The van der Waals surface area contributed by atoms with Crippen molar-refractivity contribution in [2.45, 2.75) is 394 Å². The molecular weight excluding hydrogens is 1130 g/mol. The third kappa shape index (κ3) is 33.6. The lowest BCUT2D eigenvalue weighted by atomic mass is 9.96. The molecule has 0 aromatic rings. The van der Waals surface area contributed by atoms with E-state index >= 15 is 0 Å². The predicted molar refractivity (Wildman–Crippen MR) is 342 cm³/mol. The number of aliphatic hydroxyl groups is 11. The molecule has 3 fully saturated rings. The van der Waals surface area contributed by atoms with E-state index in [9.17, 15) is 61.0 Å². The van der Waals surface area contributed by atoms with E-state index in [1.54, 1.807) is 0 Å². The smallest absolute Gasteiger partial charge is 0.220 e. The fourth-order valence-electron chi connectivity index (χ4n) is 12.5. The van der Waals surface area contributed by atoms with Gasteiger partial charge in [-0.05, 0) is 38.5 Å². The van der Waals surface area contributed by atoms with Gasteiger partial charge in [0.15, 0.2) is 18.9 Å². The lowest BCUT2D eigenvalue weighted by Crippen LogP contribution is -2.66. The van der Waals surface area contributed by atoms with Crippen molar-refractivity contribution in [3.05, 3.63) is 12.2 Å². The molecule has 12 N–H and O–H groups in total. The van der Waals surface area contributed by atoms with Crippen LogP contribution in [0.1, 0.15) is 290 Å². The highest BCUT2D eigenvalue weighted by atomic mass is 16.8. The maximum Gasteiger partial charge on any atom is 0.220 e. The van der Waals surface area contributed by atoms with Crippen LogP contribution in [-0.2, 0) is 33.2 Å². The van der Waals surface area contributed by atoms with E-state index in [1.807, 2.05) is 0 Å². The summed E-state index contributed by atoms with van der Waals surface area (Å²) in [4.78, 5) is 13.4. The number of allylic oxidation sites excluding steroid dienone is 2.